The smallest absolute Gasteiger partial charge is 0.220 e. The van der Waals surface area contributed by atoms with E-state index in [9.17, 15) is 4.79 Å². The minimum absolute atomic E-state index is 0.119. The number of fused-ring (bicyclic) bond motifs is 3. The molecule has 0 radical (unpaired) electrons. The summed E-state index contributed by atoms with van der Waals surface area (Å²) >= 11 is 0. The van der Waals surface area contributed by atoms with Gasteiger partial charge in [0.1, 0.15) is 5.75 Å². The molecule has 1 amide bonds. The molecular weight excluding hydrogens is 312 g/mol. The molecule has 0 spiro atoms. The van der Waals surface area contributed by atoms with Gasteiger partial charge in [-0.05, 0) is 49.4 Å². The Morgan fingerprint density at radius 2 is 2.12 bits per heavy atom. The Hall–Kier alpha value is -1.97. The molecule has 2 heterocycles. The van der Waals surface area contributed by atoms with E-state index in [1.165, 1.54) is 35.0 Å². The van der Waals surface area contributed by atoms with Gasteiger partial charge in [0.15, 0.2) is 0 Å². The molecule has 1 aliphatic heterocycles. The van der Waals surface area contributed by atoms with E-state index in [-0.39, 0.29) is 11.3 Å². The summed E-state index contributed by atoms with van der Waals surface area (Å²) < 4.78 is 7.95. The van der Waals surface area contributed by atoms with E-state index in [1.807, 2.05) is 13.0 Å². The maximum atomic E-state index is 12.0. The van der Waals surface area contributed by atoms with E-state index < -0.39 is 0 Å². The highest BCUT2D eigenvalue weighted by molar-refractivity contribution is 5.88. The van der Waals surface area contributed by atoms with Crippen LogP contribution in [0.3, 0.4) is 0 Å². The van der Waals surface area contributed by atoms with Crippen molar-refractivity contribution in [2.24, 2.45) is 0 Å². The average molecular weight is 342 g/mol. The van der Waals surface area contributed by atoms with Gasteiger partial charge in [0.25, 0.3) is 0 Å². The summed E-state index contributed by atoms with van der Waals surface area (Å²) in [5.74, 6) is 1.04. The Kier molecular flexibility index (Phi) is 5.07. The number of aromatic nitrogens is 1. The molecule has 136 valence electrons. The van der Waals surface area contributed by atoms with Crippen molar-refractivity contribution in [2.45, 2.75) is 64.8 Å². The van der Waals surface area contributed by atoms with Gasteiger partial charge < -0.3 is 14.6 Å². The number of nitrogens with zero attached hydrogens (tertiary/aromatic N) is 1. The molecule has 3 rings (SSSR count). The third-order valence-electron chi connectivity index (χ3n) is 5.30. The fourth-order valence-electron chi connectivity index (χ4n) is 4.07. The van der Waals surface area contributed by atoms with Gasteiger partial charge in [-0.2, -0.15) is 0 Å². The SMILES string of the molecule is CCCC(=O)NCC(C)(C)c1c2n(c3ccc(OC)cc13)CCCC2. The molecule has 0 bridgehead atoms. The number of nitrogens with one attached hydrogen (secondary N) is 1. The summed E-state index contributed by atoms with van der Waals surface area (Å²) in [7, 11) is 1.72. The topological polar surface area (TPSA) is 43.3 Å². The number of hydrogen-bond donors (Lipinski definition) is 1. The highest BCUT2D eigenvalue weighted by Gasteiger charge is 2.31. The second-order valence-electron chi connectivity index (χ2n) is 7.72. The monoisotopic (exact) mass is 342 g/mol. The quantitative estimate of drug-likeness (QED) is 0.856. The zero-order valence-electron chi connectivity index (χ0n) is 15.9. The van der Waals surface area contributed by atoms with Crippen LogP contribution in [0.2, 0.25) is 0 Å². The van der Waals surface area contributed by atoms with Gasteiger partial charge in [-0.25, -0.2) is 0 Å². The molecule has 0 fully saturated rings. The molecule has 4 heteroatoms. The van der Waals surface area contributed by atoms with E-state index in [2.05, 4.69) is 35.9 Å². The number of benzene rings is 1. The Balaban J connectivity index is 2.05. The first-order chi connectivity index (χ1) is 12.0. The van der Waals surface area contributed by atoms with E-state index in [0.717, 1.165) is 25.1 Å². The van der Waals surface area contributed by atoms with E-state index in [1.54, 1.807) is 7.11 Å². The molecule has 0 saturated carbocycles. The number of aryl methyl sites for hydroxylation is 1. The van der Waals surface area contributed by atoms with Gasteiger partial charge in [-0.15, -0.1) is 0 Å². The zero-order chi connectivity index (χ0) is 18.0. The third kappa shape index (κ3) is 3.39. The largest absolute Gasteiger partial charge is 0.497 e. The lowest BCUT2D eigenvalue weighted by Crippen LogP contribution is -2.37. The fraction of sp³-hybridized carbons (Fsp3) is 0.571. The van der Waals surface area contributed by atoms with Crippen LogP contribution in [0.5, 0.6) is 5.75 Å². The Labute approximate surface area is 150 Å². The minimum atomic E-state index is -0.119. The maximum absolute atomic E-state index is 12.0. The number of amides is 1. The Bertz CT molecular complexity index is 774. The van der Waals surface area contributed by atoms with Crippen LogP contribution in [-0.2, 0) is 23.2 Å². The molecule has 25 heavy (non-hydrogen) atoms. The summed E-state index contributed by atoms with van der Waals surface area (Å²) in [6.07, 6.45) is 5.06. The summed E-state index contributed by atoms with van der Waals surface area (Å²) in [6.45, 7) is 8.26. The van der Waals surface area contributed by atoms with Crippen LogP contribution in [0.1, 0.15) is 57.7 Å². The lowest BCUT2D eigenvalue weighted by Gasteiger charge is -2.28. The molecule has 4 nitrogen and oxygen atoms in total. The van der Waals surface area contributed by atoms with Crippen molar-refractivity contribution in [3.63, 3.8) is 0 Å². The van der Waals surface area contributed by atoms with Gasteiger partial charge in [0.05, 0.1) is 7.11 Å². The molecule has 0 saturated heterocycles. The maximum Gasteiger partial charge on any atom is 0.220 e. The van der Waals surface area contributed by atoms with Crippen molar-refractivity contribution in [3.8, 4) is 5.75 Å². The summed E-state index contributed by atoms with van der Waals surface area (Å²) in [6, 6.07) is 6.38. The van der Waals surface area contributed by atoms with Gasteiger partial charge in [-0.3, -0.25) is 4.79 Å². The third-order valence-corrected chi connectivity index (χ3v) is 5.30. The highest BCUT2D eigenvalue weighted by atomic mass is 16.5. The number of rotatable bonds is 6. The van der Waals surface area contributed by atoms with Gasteiger partial charge >= 0.3 is 0 Å². The molecule has 0 aliphatic carbocycles. The Morgan fingerprint density at radius 1 is 1.32 bits per heavy atom. The van der Waals surface area contributed by atoms with E-state index in [0.29, 0.717) is 13.0 Å². The van der Waals surface area contributed by atoms with E-state index >= 15 is 0 Å². The minimum Gasteiger partial charge on any atom is -0.497 e. The standard InChI is InChI=1S/C21H30N2O2/c1-5-8-19(24)22-14-21(2,3)20-16-13-15(25-4)10-11-17(16)23-12-7-6-9-18(20)23/h10-11,13H,5-9,12,14H2,1-4H3,(H,22,24). The highest BCUT2D eigenvalue weighted by Crippen LogP contribution is 2.39. The van der Waals surface area contributed by atoms with Crippen LogP contribution in [0.15, 0.2) is 18.2 Å². The van der Waals surface area contributed by atoms with Crippen molar-refractivity contribution in [1.82, 2.24) is 9.88 Å². The Morgan fingerprint density at radius 3 is 2.84 bits per heavy atom. The summed E-state index contributed by atoms with van der Waals surface area (Å²) in [5, 5.41) is 4.40. The lowest BCUT2D eigenvalue weighted by atomic mass is 9.81. The second kappa shape index (κ2) is 7.11. The molecule has 0 atom stereocenters. The molecule has 2 aromatic rings. The van der Waals surface area contributed by atoms with Crippen LogP contribution in [0, 0.1) is 0 Å². The molecular formula is C21H30N2O2. The predicted octanol–water partition coefficient (Wildman–Crippen LogP) is 4.18. The number of methoxy groups -OCH3 is 1. The number of carbonyl (C=O) groups is 1. The van der Waals surface area contributed by atoms with Crippen molar-refractivity contribution in [3.05, 3.63) is 29.5 Å². The van der Waals surface area contributed by atoms with E-state index in [4.69, 9.17) is 4.74 Å². The van der Waals surface area contributed by atoms with Crippen LogP contribution < -0.4 is 10.1 Å². The first-order valence-corrected chi connectivity index (χ1v) is 9.44. The normalized spacial score (nSPS) is 14.4. The first kappa shape index (κ1) is 17.8. The average Bonchev–Trinajstić information content (AvgIpc) is 2.94. The summed E-state index contributed by atoms with van der Waals surface area (Å²) in [5.41, 5.74) is 3.98. The molecule has 1 aliphatic rings. The van der Waals surface area contributed by atoms with Crippen molar-refractivity contribution < 1.29 is 9.53 Å². The van der Waals surface area contributed by atoms with Gasteiger partial charge in [0.2, 0.25) is 5.91 Å². The molecule has 1 aromatic carbocycles. The van der Waals surface area contributed by atoms with Crippen LogP contribution in [0.25, 0.3) is 10.9 Å². The van der Waals surface area contributed by atoms with Crippen LogP contribution in [0.4, 0.5) is 0 Å². The number of hydrogen-bond acceptors (Lipinski definition) is 2. The fourth-order valence-corrected chi connectivity index (χ4v) is 4.07. The van der Waals surface area contributed by atoms with Crippen molar-refractivity contribution in [1.29, 1.82) is 0 Å². The molecule has 1 aromatic heterocycles. The predicted molar refractivity (Wildman–Crippen MR) is 102 cm³/mol. The lowest BCUT2D eigenvalue weighted by molar-refractivity contribution is -0.121. The number of carbonyl (C=O) groups excluding carboxylic acids is 1. The van der Waals surface area contributed by atoms with Crippen molar-refractivity contribution >= 4 is 16.8 Å². The van der Waals surface area contributed by atoms with Crippen LogP contribution in [-0.4, -0.2) is 24.1 Å². The van der Waals surface area contributed by atoms with Crippen LogP contribution >= 0.6 is 0 Å². The summed E-state index contributed by atoms with van der Waals surface area (Å²) in [4.78, 5) is 12.0. The van der Waals surface area contributed by atoms with Gasteiger partial charge in [0, 0.05) is 41.5 Å². The first-order valence-electron chi connectivity index (χ1n) is 9.44. The number of ether oxygens (including phenoxy) is 1. The second-order valence-corrected chi connectivity index (χ2v) is 7.72. The molecule has 1 N–H and O–H groups in total. The van der Waals surface area contributed by atoms with Crippen molar-refractivity contribution in [2.75, 3.05) is 13.7 Å². The molecule has 0 unspecified atom stereocenters. The van der Waals surface area contributed by atoms with Gasteiger partial charge in [-0.1, -0.05) is 20.8 Å². The zero-order valence-corrected chi connectivity index (χ0v) is 15.9.